The fourth-order valence-corrected chi connectivity index (χ4v) is 2.87. The van der Waals surface area contributed by atoms with E-state index in [1.807, 2.05) is 47.0 Å². The van der Waals surface area contributed by atoms with Crippen LogP contribution in [-0.4, -0.2) is 27.1 Å². The van der Waals surface area contributed by atoms with Crippen molar-refractivity contribution in [2.75, 3.05) is 12.4 Å². The second kappa shape index (κ2) is 7.13. The molecule has 0 radical (unpaired) electrons. The third kappa shape index (κ3) is 3.49. The van der Waals surface area contributed by atoms with E-state index in [2.05, 4.69) is 29.3 Å². The van der Waals surface area contributed by atoms with E-state index in [0.717, 1.165) is 22.3 Å². The molecule has 0 aliphatic rings. The van der Waals surface area contributed by atoms with E-state index >= 15 is 0 Å². The maximum Gasteiger partial charge on any atom is 0.195 e. The van der Waals surface area contributed by atoms with Crippen LogP contribution in [0.1, 0.15) is 5.56 Å². The van der Waals surface area contributed by atoms with Crippen molar-refractivity contribution in [3.63, 3.8) is 0 Å². The minimum atomic E-state index is 0.634. The van der Waals surface area contributed by atoms with E-state index in [9.17, 15) is 0 Å². The lowest BCUT2D eigenvalue weighted by Crippen LogP contribution is -2.02. The normalized spacial score (nSPS) is 10.6. The third-order valence-corrected chi connectivity index (χ3v) is 4.13. The van der Waals surface area contributed by atoms with Gasteiger partial charge in [-0.25, -0.2) is 0 Å². The zero-order chi connectivity index (χ0) is 15.2. The molecule has 3 rings (SSSR count). The highest BCUT2D eigenvalue weighted by atomic mass is 32.2. The van der Waals surface area contributed by atoms with Crippen LogP contribution in [0.15, 0.2) is 66.1 Å². The summed E-state index contributed by atoms with van der Waals surface area (Å²) in [4.78, 5) is 0. The highest BCUT2D eigenvalue weighted by molar-refractivity contribution is 7.99. The summed E-state index contributed by atoms with van der Waals surface area (Å²) in [6.07, 6.45) is 1.75. The average molecular weight is 311 g/mol. The van der Waals surface area contributed by atoms with Crippen molar-refractivity contribution in [3.05, 3.63) is 66.5 Å². The second-order valence-electron chi connectivity index (χ2n) is 4.78. The van der Waals surface area contributed by atoms with Gasteiger partial charge in [-0.3, -0.25) is 4.57 Å². The van der Waals surface area contributed by atoms with Crippen LogP contribution < -0.4 is 4.74 Å². The van der Waals surface area contributed by atoms with Crippen molar-refractivity contribution in [3.8, 4) is 11.4 Å². The molecule has 1 aromatic heterocycles. The molecule has 4 nitrogen and oxygen atoms in total. The van der Waals surface area contributed by atoms with Crippen LogP contribution in [0.5, 0.6) is 5.75 Å². The summed E-state index contributed by atoms with van der Waals surface area (Å²) in [7, 11) is 0. The second-order valence-corrected chi connectivity index (χ2v) is 5.84. The number of aromatic nitrogens is 3. The molecule has 0 aliphatic carbocycles. The summed E-state index contributed by atoms with van der Waals surface area (Å²) >= 11 is 1.64. The van der Waals surface area contributed by atoms with Crippen LogP contribution in [0.3, 0.4) is 0 Å². The summed E-state index contributed by atoms with van der Waals surface area (Å²) < 4.78 is 7.71. The Kier molecular flexibility index (Phi) is 4.75. The van der Waals surface area contributed by atoms with E-state index in [0.29, 0.717) is 6.61 Å². The number of rotatable bonds is 6. The Balaban J connectivity index is 1.60. The quantitative estimate of drug-likeness (QED) is 0.513. The molecule has 1 heterocycles. The molecule has 0 unspecified atom stereocenters. The van der Waals surface area contributed by atoms with Gasteiger partial charge in [0.05, 0.1) is 12.3 Å². The maximum absolute atomic E-state index is 5.70. The molecule has 0 amide bonds. The SMILES string of the molecule is Cc1ccccc1-n1cnnc1SCCOc1ccccc1. The predicted octanol–water partition coefficient (Wildman–Crippen LogP) is 3.75. The zero-order valence-electron chi connectivity index (χ0n) is 12.3. The van der Waals surface area contributed by atoms with Crippen molar-refractivity contribution in [1.82, 2.24) is 14.8 Å². The topological polar surface area (TPSA) is 39.9 Å². The first-order valence-corrected chi connectivity index (χ1v) is 8.10. The molecule has 3 aromatic rings. The van der Waals surface area contributed by atoms with Gasteiger partial charge in [0.25, 0.3) is 0 Å². The number of hydrogen-bond acceptors (Lipinski definition) is 4. The van der Waals surface area contributed by atoms with Gasteiger partial charge < -0.3 is 4.74 Å². The molecule has 0 aliphatic heterocycles. The molecule has 2 aromatic carbocycles. The predicted molar refractivity (Wildman–Crippen MR) is 88.8 cm³/mol. The summed E-state index contributed by atoms with van der Waals surface area (Å²) in [6, 6.07) is 18.0. The van der Waals surface area contributed by atoms with Gasteiger partial charge in [0, 0.05) is 5.75 Å². The molecule has 0 spiro atoms. The maximum atomic E-state index is 5.70. The van der Waals surface area contributed by atoms with Gasteiger partial charge in [0.1, 0.15) is 12.1 Å². The fourth-order valence-electron chi connectivity index (χ4n) is 2.13. The minimum Gasteiger partial charge on any atom is -0.493 e. The highest BCUT2D eigenvalue weighted by Gasteiger charge is 2.08. The van der Waals surface area contributed by atoms with E-state index in [1.165, 1.54) is 5.56 Å². The number of nitrogens with zero attached hydrogens (tertiary/aromatic N) is 3. The summed E-state index contributed by atoms with van der Waals surface area (Å²) in [5.74, 6) is 1.71. The Morgan fingerprint density at radius 2 is 1.82 bits per heavy atom. The number of aryl methyl sites for hydroxylation is 1. The molecule has 0 N–H and O–H groups in total. The minimum absolute atomic E-state index is 0.634. The lowest BCUT2D eigenvalue weighted by Gasteiger charge is -2.09. The lowest BCUT2D eigenvalue weighted by molar-refractivity contribution is 0.344. The van der Waals surface area contributed by atoms with Crippen molar-refractivity contribution in [1.29, 1.82) is 0 Å². The zero-order valence-corrected chi connectivity index (χ0v) is 13.2. The monoisotopic (exact) mass is 311 g/mol. The Morgan fingerprint density at radius 1 is 1.05 bits per heavy atom. The first-order valence-electron chi connectivity index (χ1n) is 7.11. The highest BCUT2D eigenvalue weighted by Crippen LogP contribution is 2.21. The molecular weight excluding hydrogens is 294 g/mol. The van der Waals surface area contributed by atoms with E-state index < -0.39 is 0 Å². The van der Waals surface area contributed by atoms with Crippen LogP contribution in [-0.2, 0) is 0 Å². The van der Waals surface area contributed by atoms with Crippen LogP contribution in [0.25, 0.3) is 5.69 Å². The van der Waals surface area contributed by atoms with Gasteiger partial charge in [0.15, 0.2) is 5.16 Å². The number of benzene rings is 2. The fraction of sp³-hybridized carbons (Fsp3) is 0.176. The molecule has 0 saturated heterocycles. The molecule has 112 valence electrons. The number of para-hydroxylation sites is 2. The van der Waals surface area contributed by atoms with Gasteiger partial charge in [-0.1, -0.05) is 48.2 Å². The smallest absolute Gasteiger partial charge is 0.195 e. The largest absolute Gasteiger partial charge is 0.493 e. The molecule has 0 fully saturated rings. The number of hydrogen-bond donors (Lipinski definition) is 0. The molecule has 0 bridgehead atoms. The van der Waals surface area contributed by atoms with Crippen LogP contribution in [0.4, 0.5) is 0 Å². The van der Waals surface area contributed by atoms with Crippen LogP contribution >= 0.6 is 11.8 Å². The van der Waals surface area contributed by atoms with Gasteiger partial charge in [-0.15, -0.1) is 10.2 Å². The summed E-state index contributed by atoms with van der Waals surface area (Å²) in [5.41, 5.74) is 2.31. The lowest BCUT2D eigenvalue weighted by atomic mass is 10.2. The number of ether oxygens (including phenoxy) is 1. The standard InChI is InChI=1S/C17H17N3OS/c1-14-7-5-6-10-16(14)20-13-18-19-17(20)22-12-11-21-15-8-3-2-4-9-15/h2-10,13H,11-12H2,1H3. The van der Waals surface area contributed by atoms with Crippen molar-refractivity contribution in [2.24, 2.45) is 0 Å². The van der Waals surface area contributed by atoms with E-state index in [4.69, 9.17) is 4.74 Å². The van der Waals surface area contributed by atoms with E-state index in [-0.39, 0.29) is 0 Å². The number of thioether (sulfide) groups is 1. The molecule has 0 atom stereocenters. The summed E-state index contributed by atoms with van der Waals surface area (Å²) in [6.45, 7) is 2.72. The van der Waals surface area contributed by atoms with Crippen molar-refractivity contribution >= 4 is 11.8 Å². The van der Waals surface area contributed by atoms with Gasteiger partial charge >= 0.3 is 0 Å². The average Bonchev–Trinajstić information content (AvgIpc) is 3.01. The van der Waals surface area contributed by atoms with Crippen LogP contribution in [0.2, 0.25) is 0 Å². The molecular formula is C17H17N3OS. The Bertz CT molecular complexity index is 728. The first-order chi connectivity index (χ1) is 10.8. The van der Waals surface area contributed by atoms with Crippen molar-refractivity contribution < 1.29 is 4.74 Å². The molecule has 0 saturated carbocycles. The molecule has 5 heteroatoms. The van der Waals surface area contributed by atoms with Gasteiger partial charge in [-0.05, 0) is 30.7 Å². The Labute approximate surface area is 134 Å². The summed E-state index contributed by atoms with van der Waals surface area (Å²) in [5, 5.41) is 9.11. The van der Waals surface area contributed by atoms with Gasteiger partial charge in [-0.2, -0.15) is 0 Å². The van der Waals surface area contributed by atoms with Crippen molar-refractivity contribution in [2.45, 2.75) is 12.1 Å². The first kappa shape index (κ1) is 14.7. The Hall–Kier alpha value is -2.27. The van der Waals surface area contributed by atoms with Crippen LogP contribution in [0, 0.1) is 6.92 Å². The Morgan fingerprint density at radius 3 is 2.64 bits per heavy atom. The van der Waals surface area contributed by atoms with E-state index in [1.54, 1.807) is 18.1 Å². The third-order valence-electron chi connectivity index (χ3n) is 3.22. The van der Waals surface area contributed by atoms with Gasteiger partial charge in [0.2, 0.25) is 0 Å². The molecule has 22 heavy (non-hydrogen) atoms.